The first-order valence-corrected chi connectivity index (χ1v) is 9.57. The molecule has 0 heterocycles. The van der Waals surface area contributed by atoms with Crippen molar-refractivity contribution in [3.63, 3.8) is 0 Å². The fourth-order valence-corrected chi connectivity index (χ4v) is 2.53. The number of carbonyl (C=O) groups is 2. The molecular formula is C22H28N2O4. The fourth-order valence-electron chi connectivity index (χ4n) is 2.53. The van der Waals surface area contributed by atoms with Crippen LogP contribution in [-0.2, 0) is 22.4 Å². The van der Waals surface area contributed by atoms with Crippen LogP contribution < -0.4 is 20.3 Å². The van der Waals surface area contributed by atoms with Gasteiger partial charge in [0.25, 0.3) is 5.91 Å². The van der Waals surface area contributed by atoms with Crippen molar-refractivity contribution in [2.75, 3.05) is 6.61 Å². The van der Waals surface area contributed by atoms with E-state index in [2.05, 4.69) is 29.9 Å². The Hall–Kier alpha value is -3.02. The third-order valence-corrected chi connectivity index (χ3v) is 4.21. The highest BCUT2D eigenvalue weighted by Gasteiger charge is 2.15. The molecule has 0 aromatic heterocycles. The van der Waals surface area contributed by atoms with Gasteiger partial charge >= 0.3 is 0 Å². The second kappa shape index (κ2) is 11.0. The molecule has 2 N–H and O–H groups in total. The Balaban J connectivity index is 1.71. The topological polar surface area (TPSA) is 76.7 Å². The Morgan fingerprint density at radius 3 is 2.11 bits per heavy atom. The van der Waals surface area contributed by atoms with Crippen LogP contribution >= 0.6 is 0 Å². The zero-order valence-corrected chi connectivity index (χ0v) is 16.7. The van der Waals surface area contributed by atoms with Crippen LogP contribution in [-0.4, -0.2) is 24.5 Å². The summed E-state index contributed by atoms with van der Waals surface area (Å²) in [5.41, 5.74) is 7.18. The minimum atomic E-state index is -0.750. The molecule has 150 valence electrons. The molecule has 0 aliphatic heterocycles. The summed E-state index contributed by atoms with van der Waals surface area (Å²) >= 11 is 0. The van der Waals surface area contributed by atoms with Crippen molar-refractivity contribution in [3.05, 3.63) is 59.7 Å². The average Bonchev–Trinajstić information content (AvgIpc) is 2.72. The molecule has 0 aliphatic carbocycles. The molecule has 2 aromatic carbocycles. The predicted octanol–water partition coefficient (Wildman–Crippen LogP) is 3.20. The summed E-state index contributed by atoms with van der Waals surface area (Å²) in [7, 11) is 0. The number of hydrazine groups is 1. The van der Waals surface area contributed by atoms with E-state index in [0.717, 1.165) is 17.7 Å². The molecule has 0 fully saturated rings. The van der Waals surface area contributed by atoms with E-state index in [1.807, 2.05) is 19.1 Å². The van der Waals surface area contributed by atoms with E-state index >= 15 is 0 Å². The van der Waals surface area contributed by atoms with Gasteiger partial charge in [-0.15, -0.1) is 0 Å². The predicted molar refractivity (Wildman–Crippen MR) is 108 cm³/mol. The van der Waals surface area contributed by atoms with Crippen LogP contribution in [0.25, 0.3) is 0 Å². The van der Waals surface area contributed by atoms with Crippen molar-refractivity contribution in [1.82, 2.24) is 10.9 Å². The average molecular weight is 384 g/mol. The summed E-state index contributed by atoms with van der Waals surface area (Å²) in [5, 5.41) is 0. The fraction of sp³-hybridized carbons (Fsp3) is 0.364. The second-order valence-electron chi connectivity index (χ2n) is 6.37. The molecule has 0 aliphatic rings. The quantitative estimate of drug-likeness (QED) is 0.651. The number of benzene rings is 2. The summed E-state index contributed by atoms with van der Waals surface area (Å²) in [4.78, 5) is 24.0. The van der Waals surface area contributed by atoms with E-state index in [1.165, 1.54) is 5.56 Å². The molecule has 0 bridgehead atoms. The van der Waals surface area contributed by atoms with Gasteiger partial charge in [0, 0.05) is 6.42 Å². The summed E-state index contributed by atoms with van der Waals surface area (Å²) in [6, 6.07) is 15.2. The Morgan fingerprint density at radius 1 is 0.893 bits per heavy atom. The maximum Gasteiger partial charge on any atom is 0.279 e. The monoisotopic (exact) mass is 384 g/mol. The van der Waals surface area contributed by atoms with Gasteiger partial charge in [-0.05, 0) is 62.1 Å². The second-order valence-corrected chi connectivity index (χ2v) is 6.37. The lowest BCUT2D eigenvalue weighted by Gasteiger charge is -2.15. The van der Waals surface area contributed by atoms with E-state index in [0.29, 0.717) is 25.2 Å². The third kappa shape index (κ3) is 6.95. The van der Waals surface area contributed by atoms with Gasteiger partial charge < -0.3 is 9.47 Å². The lowest BCUT2D eigenvalue weighted by molar-refractivity contribution is -0.132. The standard InChI is InChI=1S/C22H28N2O4/c1-4-17-6-8-18(9-7-17)10-15-21(25)23-24-22(26)16(3)28-20-13-11-19(12-14-20)27-5-2/h6-9,11-14,16H,4-5,10,15H2,1-3H3,(H,23,25)(H,24,26). The van der Waals surface area contributed by atoms with Crippen LogP contribution in [0.15, 0.2) is 48.5 Å². The Labute approximate surface area is 166 Å². The van der Waals surface area contributed by atoms with Crippen molar-refractivity contribution < 1.29 is 19.1 Å². The summed E-state index contributed by atoms with van der Waals surface area (Å²) in [6.45, 7) is 6.22. The molecule has 0 spiro atoms. The van der Waals surface area contributed by atoms with Gasteiger partial charge in [0.1, 0.15) is 11.5 Å². The molecule has 0 saturated heterocycles. The molecule has 28 heavy (non-hydrogen) atoms. The number of amides is 2. The minimum absolute atomic E-state index is 0.249. The lowest BCUT2D eigenvalue weighted by Crippen LogP contribution is -2.47. The van der Waals surface area contributed by atoms with Crippen molar-refractivity contribution in [3.8, 4) is 11.5 Å². The number of aryl methyl sites for hydroxylation is 2. The number of hydrogen-bond acceptors (Lipinski definition) is 4. The van der Waals surface area contributed by atoms with E-state index in [4.69, 9.17) is 9.47 Å². The molecule has 1 atom stereocenters. The van der Waals surface area contributed by atoms with Gasteiger partial charge in [-0.25, -0.2) is 0 Å². The van der Waals surface area contributed by atoms with Crippen molar-refractivity contribution >= 4 is 11.8 Å². The summed E-state index contributed by atoms with van der Waals surface area (Å²) in [5.74, 6) is 0.618. The van der Waals surface area contributed by atoms with Crippen molar-refractivity contribution in [2.24, 2.45) is 0 Å². The Kier molecular flexibility index (Phi) is 8.34. The molecule has 0 radical (unpaired) electrons. The van der Waals surface area contributed by atoms with E-state index in [1.54, 1.807) is 31.2 Å². The Bertz CT molecular complexity index is 757. The maximum atomic E-state index is 12.1. The molecule has 1 unspecified atom stereocenters. The summed E-state index contributed by atoms with van der Waals surface area (Å²) in [6.07, 6.45) is 1.15. The van der Waals surface area contributed by atoms with Gasteiger partial charge in [-0.2, -0.15) is 0 Å². The van der Waals surface area contributed by atoms with E-state index < -0.39 is 12.0 Å². The normalized spacial score (nSPS) is 11.4. The van der Waals surface area contributed by atoms with Crippen LogP contribution in [0.1, 0.15) is 38.3 Å². The molecule has 6 heteroatoms. The largest absolute Gasteiger partial charge is 0.494 e. The SMILES string of the molecule is CCOc1ccc(OC(C)C(=O)NNC(=O)CCc2ccc(CC)cc2)cc1. The number of hydrogen-bond donors (Lipinski definition) is 2. The smallest absolute Gasteiger partial charge is 0.279 e. The molecule has 2 rings (SSSR count). The Morgan fingerprint density at radius 2 is 1.50 bits per heavy atom. The molecule has 2 amide bonds. The number of nitrogens with one attached hydrogen (secondary N) is 2. The van der Waals surface area contributed by atoms with Gasteiger partial charge in [-0.3, -0.25) is 20.4 Å². The summed E-state index contributed by atoms with van der Waals surface area (Å²) < 4.78 is 10.9. The molecule has 2 aromatic rings. The number of carbonyl (C=O) groups excluding carboxylic acids is 2. The van der Waals surface area contributed by atoms with Gasteiger partial charge in [0.15, 0.2) is 6.10 Å². The van der Waals surface area contributed by atoms with Crippen molar-refractivity contribution in [1.29, 1.82) is 0 Å². The first kappa shape index (κ1) is 21.3. The van der Waals surface area contributed by atoms with Gasteiger partial charge in [0.05, 0.1) is 6.61 Å². The van der Waals surface area contributed by atoms with E-state index in [-0.39, 0.29) is 5.91 Å². The highest BCUT2D eigenvalue weighted by Crippen LogP contribution is 2.18. The maximum absolute atomic E-state index is 12.1. The van der Waals surface area contributed by atoms with Crippen LogP contribution in [0.5, 0.6) is 11.5 Å². The highest BCUT2D eigenvalue weighted by atomic mass is 16.5. The van der Waals surface area contributed by atoms with Crippen LogP contribution in [0, 0.1) is 0 Å². The first-order valence-electron chi connectivity index (χ1n) is 9.57. The zero-order valence-electron chi connectivity index (χ0n) is 16.7. The van der Waals surface area contributed by atoms with Crippen LogP contribution in [0.3, 0.4) is 0 Å². The van der Waals surface area contributed by atoms with Crippen LogP contribution in [0.4, 0.5) is 0 Å². The third-order valence-electron chi connectivity index (χ3n) is 4.21. The van der Waals surface area contributed by atoms with E-state index in [9.17, 15) is 9.59 Å². The van der Waals surface area contributed by atoms with Crippen molar-refractivity contribution in [2.45, 2.75) is 46.1 Å². The minimum Gasteiger partial charge on any atom is -0.494 e. The molecular weight excluding hydrogens is 356 g/mol. The van der Waals surface area contributed by atoms with Crippen LogP contribution in [0.2, 0.25) is 0 Å². The first-order chi connectivity index (χ1) is 13.5. The molecule has 0 saturated carbocycles. The highest BCUT2D eigenvalue weighted by molar-refractivity contribution is 5.84. The number of ether oxygens (including phenoxy) is 2. The lowest BCUT2D eigenvalue weighted by atomic mass is 10.1. The molecule has 6 nitrogen and oxygen atoms in total. The van der Waals surface area contributed by atoms with Gasteiger partial charge in [0.2, 0.25) is 5.91 Å². The zero-order chi connectivity index (χ0) is 20.4. The van der Waals surface area contributed by atoms with Gasteiger partial charge in [-0.1, -0.05) is 31.2 Å². The number of rotatable bonds is 9.